The molecule has 5 rings (SSSR count). The number of ketones is 2. The zero-order chi connectivity index (χ0) is 24.0. The maximum atomic E-state index is 13.5. The molecule has 0 N–H and O–H groups in total. The molecule has 4 atom stereocenters. The van der Waals surface area contributed by atoms with Gasteiger partial charge >= 0.3 is 24.0 Å². The lowest BCUT2D eigenvalue weighted by Gasteiger charge is -2.52. The molecule has 3 aliphatic heterocycles. The van der Waals surface area contributed by atoms with Gasteiger partial charge in [0.25, 0.3) is 0 Å². The van der Waals surface area contributed by atoms with Gasteiger partial charge in [0.2, 0.25) is 11.9 Å². The van der Waals surface area contributed by atoms with Crippen molar-refractivity contribution < 1.29 is 28.5 Å². The molecule has 0 spiro atoms. The van der Waals surface area contributed by atoms with Crippen molar-refractivity contribution in [3.63, 3.8) is 0 Å². The number of hydrogen-bond acceptors (Lipinski definition) is 14. The molecule has 0 saturated carbocycles. The summed E-state index contributed by atoms with van der Waals surface area (Å²) in [4.78, 5) is 55.1. The maximum Gasteiger partial charge on any atom is 0.324 e. The van der Waals surface area contributed by atoms with Crippen LogP contribution in [-0.2, 0) is 9.59 Å². The van der Waals surface area contributed by atoms with Crippen LogP contribution in [0.1, 0.15) is 0 Å². The molecule has 1 saturated heterocycles. The summed E-state index contributed by atoms with van der Waals surface area (Å²) in [6.45, 7) is 0. The number of aromatic nitrogens is 6. The predicted molar refractivity (Wildman–Crippen MR) is 114 cm³/mol. The maximum absolute atomic E-state index is 13.5. The van der Waals surface area contributed by atoms with E-state index >= 15 is 0 Å². The van der Waals surface area contributed by atoms with Crippen molar-refractivity contribution in [2.24, 2.45) is 5.92 Å². The molecule has 14 heteroatoms. The van der Waals surface area contributed by atoms with Gasteiger partial charge in [-0.05, 0) is 6.08 Å². The summed E-state index contributed by atoms with van der Waals surface area (Å²) in [6, 6.07) is -2.43. The highest BCUT2D eigenvalue weighted by molar-refractivity contribution is 6.09. The Morgan fingerprint density at radius 2 is 1.24 bits per heavy atom. The third-order valence-electron chi connectivity index (χ3n) is 5.77. The second-order valence-electron chi connectivity index (χ2n) is 7.44. The number of fused-ring (bicyclic) bond motifs is 6. The molecule has 0 radical (unpaired) electrons. The van der Waals surface area contributed by atoms with Gasteiger partial charge in [-0.2, -0.15) is 19.9 Å². The van der Waals surface area contributed by atoms with Gasteiger partial charge in [-0.1, -0.05) is 12.2 Å². The molecule has 0 aliphatic carbocycles. The van der Waals surface area contributed by atoms with E-state index in [0.717, 1.165) is 0 Å². The van der Waals surface area contributed by atoms with Crippen molar-refractivity contribution in [3.05, 3.63) is 24.4 Å². The third-order valence-corrected chi connectivity index (χ3v) is 5.77. The summed E-state index contributed by atoms with van der Waals surface area (Å²) in [5.41, 5.74) is 0. The minimum atomic E-state index is -0.978. The smallest absolute Gasteiger partial charge is 0.324 e. The summed E-state index contributed by atoms with van der Waals surface area (Å²) in [6.07, 6.45) is 6.56. The zero-order valence-corrected chi connectivity index (χ0v) is 18.6. The van der Waals surface area contributed by atoms with Crippen LogP contribution >= 0.6 is 0 Å². The average molecular weight is 468 g/mol. The fraction of sp³-hybridized carbons (Fsp3) is 0.400. The summed E-state index contributed by atoms with van der Waals surface area (Å²) >= 11 is 0. The lowest BCUT2D eigenvalue weighted by atomic mass is 9.74. The van der Waals surface area contributed by atoms with Gasteiger partial charge in [-0.25, -0.2) is 0 Å². The van der Waals surface area contributed by atoms with Gasteiger partial charge in [0.1, 0.15) is 12.1 Å². The van der Waals surface area contributed by atoms with Crippen LogP contribution in [0.3, 0.4) is 0 Å². The lowest BCUT2D eigenvalue weighted by molar-refractivity contribution is -0.129. The van der Waals surface area contributed by atoms with Crippen LogP contribution in [-0.4, -0.2) is 88.0 Å². The standard InChI is InChI=1S/C20H20N8O6/c1-31-17-21-15(22-18(25-17)32-2)27-8-7-9-10-5-6-11(29)12(13(27)14(9)30)28(10)16-23-19(33-3)26-20(24-16)34-4/h5-10,12-13H,1-4H3. The molecule has 176 valence electrons. The molecule has 0 amide bonds. The number of carbonyl (C=O) groups is 2. The number of nitrogens with zero attached hydrogens (tertiary/aromatic N) is 8. The van der Waals surface area contributed by atoms with E-state index in [1.54, 1.807) is 23.3 Å². The van der Waals surface area contributed by atoms with Gasteiger partial charge in [0.15, 0.2) is 11.6 Å². The van der Waals surface area contributed by atoms with Crippen molar-refractivity contribution in [2.45, 2.75) is 18.1 Å². The molecular weight excluding hydrogens is 448 g/mol. The van der Waals surface area contributed by atoms with E-state index in [1.807, 2.05) is 0 Å². The van der Waals surface area contributed by atoms with Crippen molar-refractivity contribution >= 4 is 23.5 Å². The Kier molecular flexibility index (Phi) is 5.18. The van der Waals surface area contributed by atoms with E-state index in [1.165, 1.54) is 39.4 Å². The first-order valence-corrected chi connectivity index (χ1v) is 10.2. The Bertz CT molecular complexity index is 1180. The van der Waals surface area contributed by atoms with Crippen LogP contribution in [0.2, 0.25) is 0 Å². The summed E-state index contributed by atoms with van der Waals surface area (Å²) in [7, 11) is 5.61. The van der Waals surface area contributed by atoms with E-state index in [0.29, 0.717) is 0 Å². The van der Waals surface area contributed by atoms with Crippen LogP contribution < -0.4 is 28.7 Å². The molecule has 4 bridgehead atoms. The quantitative estimate of drug-likeness (QED) is 0.528. The molecule has 2 aromatic heterocycles. The third kappa shape index (κ3) is 3.25. The van der Waals surface area contributed by atoms with Crippen LogP contribution in [0, 0.1) is 5.92 Å². The number of methoxy groups -OCH3 is 4. The topological polar surface area (TPSA) is 155 Å². The van der Waals surface area contributed by atoms with Gasteiger partial charge in [-0.15, -0.1) is 9.97 Å². The van der Waals surface area contributed by atoms with E-state index in [4.69, 9.17) is 18.9 Å². The summed E-state index contributed by atoms with van der Waals surface area (Å²) in [5, 5.41) is 0. The first-order chi connectivity index (χ1) is 16.5. The Balaban J connectivity index is 1.65. The van der Waals surface area contributed by atoms with Crippen molar-refractivity contribution in [1.82, 2.24) is 29.9 Å². The summed E-state index contributed by atoms with van der Waals surface area (Å²) < 4.78 is 20.6. The molecule has 34 heavy (non-hydrogen) atoms. The van der Waals surface area contributed by atoms with E-state index in [2.05, 4.69) is 29.9 Å². The Morgan fingerprint density at radius 1 is 0.706 bits per heavy atom. The highest BCUT2D eigenvalue weighted by Gasteiger charge is 2.56. The highest BCUT2D eigenvalue weighted by Crippen LogP contribution is 2.40. The van der Waals surface area contributed by atoms with Crippen LogP contribution in [0.15, 0.2) is 24.4 Å². The molecule has 1 fully saturated rings. The first-order valence-electron chi connectivity index (χ1n) is 10.2. The van der Waals surface area contributed by atoms with Crippen molar-refractivity contribution in [3.8, 4) is 24.0 Å². The summed E-state index contributed by atoms with van der Waals surface area (Å²) in [5.74, 6) is -0.818. The first kappa shape index (κ1) is 21.5. The van der Waals surface area contributed by atoms with Gasteiger partial charge < -0.3 is 28.7 Å². The number of rotatable bonds is 6. The Labute approximate surface area is 193 Å². The largest absolute Gasteiger partial charge is 0.467 e. The van der Waals surface area contributed by atoms with Crippen LogP contribution in [0.4, 0.5) is 11.9 Å². The number of anilines is 2. The van der Waals surface area contributed by atoms with Crippen LogP contribution in [0.5, 0.6) is 24.0 Å². The fourth-order valence-corrected chi connectivity index (χ4v) is 4.31. The number of carbonyl (C=O) groups excluding carboxylic acids is 2. The number of Topliss-reactive ketones (excluding diaryl/α,β-unsaturated/α-hetero) is 1. The zero-order valence-electron chi connectivity index (χ0n) is 18.6. The molecule has 14 nitrogen and oxygen atoms in total. The lowest BCUT2D eigenvalue weighted by Crippen LogP contribution is -2.71. The van der Waals surface area contributed by atoms with Gasteiger partial charge in [0.05, 0.1) is 40.4 Å². The van der Waals surface area contributed by atoms with Crippen molar-refractivity contribution in [1.29, 1.82) is 0 Å². The molecular formula is C20H20N8O6. The van der Waals surface area contributed by atoms with E-state index in [-0.39, 0.29) is 47.5 Å². The number of ether oxygens (including phenoxy) is 4. The SMILES string of the molecule is COc1nc(OC)nc(N2C=CC3C(=O)C2C2C(=O)C=CC3N2c2nc(OC)nc(OC)n2)n1. The van der Waals surface area contributed by atoms with E-state index < -0.39 is 24.0 Å². The predicted octanol–water partition coefficient (Wildman–Crippen LogP) is -0.625. The minimum absolute atomic E-state index is 0.00262. The normalized spacial score (nSPS) is 24.8. The van der Waals surface area contributed by atoms with Crippen molar-refractivity contribution in [2.75, 3.05) is 38.2 Å². The second kappa shape index (κ2) is 8.20. The van der Waals surface area contributed by atoms with Gasteiger partial charge in [-0.3, -0.25) is 9.59 Å². The minimum Gasteiger partial charge on any atom is -0.467 e. The molecule has 5 heterocycles. The molecule has 4 unspecified atom stereocenters. The van der Waals surface area contributed by atoms with E-state index in [9.17, 15) is 9.59 Å². The molecule has 0 aromatic carbocycles. The monoisotopic (exact) mass is 468 g/mol. The fourth-order valence-electron chi connectivity index (χ4n) is 4.31. The number of hydrogen-bond donors (Lipinski definition) is 0. The second-order valence-corrected chi connectivity index (χ2v) is 7.44. The van der Waals surface area contributed by atoms with Crippen LogP contribution in [0.25, 0.3) is 0 Å². The Hall–Kier alpha value is -4.36. The molecule has 2 aromatic rings. The Morgan fingerprint density at radius 3 is 1.76 bits per heavy atom. The molecule has 3 aliphatic rings. The highest BCUT2D eigenvalue weighted by atomic mass is 16.5. The van der Waals surface area contributed by atoms with Gasteiger partial charge in [0, 0.05) is 6.20 Å². The number of piperidine rings is 1. The average Bonchev–Trinajstić information content (AvgIpc) is 2.87.